The lowest BCUT2D eigenvalue weighted by Crippen LogP contribution is -2.66. The fourth-order valence-electron chi connectivity index (χ4n) is 5.88. The van der Waals surface area contributed by atoms with E-state index >= 15 is 0 Å². The summed E-state index contributed by atoms with van der Waals surface area (Å²) >= 11 is 0. The van der Waals surface area contributed by atoms with Crippen LogP contribution in [0.15, 0.2) is 48.0 Å². The molecule has 3 aliphatic carbocycles. The molecule has 2 saturated carbocycles. The third kappa shape index (κ3) is 3.51. The minimum absolute atomic E-state index is 0.0397. The van der Waals surface area contributed by atoms with Gasteiger partial charge >= 0.3 is 0 Å². The molecule has 0 aliphatic heterocycles. The summed E-state index contributed by atoms with van der Waals surface area (Å²) in [7, 11) is 0. The standard InChI is InChI=1S/C28H25NO7/c29-27(35)23-20(31)13-17-11-16-12-18-15(8-4-7-14-5-2-1-3-6-14)9-10-19(30)22(18)24(32)21(16)25(33)28(17,36)26(23)34/h1-3,5-6,9-10,16-17,20,23,30-32,36H,7,11-13H2,(H2,29,35)/t16-,17+,20?,23?,28+/m1/s1. The van der Waals surface area contributed by atoms with E-state index in [0.717, 1.165) is 5.56 Å². The van der Waals surface area contributed by atoms with E-state index in [9.17, 15) is 34.8 Å². The zero-order chi connectivity index (χ0) is 25.8. The van der Waals surface area contributed by atoms with E-state index in [2.05, 4.69) is 11.8 Å². The van der Waals surface area contributed by atoms with Crippen molar-refractivity contribution in [3.63, 3.8) is 0 Å². The lowest BCUT2D eigenvalue weighted by Gasteiger charge is -2.48. The number of nitrogens with two attached hydrogens (primary N) is 1. The second-order valence-corrected chi connectivity index (χ2v) is 9.69. The third-order valence-electron chi connectivity index (χ3n) is 7.63. The molecular weight excluding hydrogens is 462 g/mol. The van der Waals surface area contributed by atoms with Crippen LogP contribution in [0.1, 0.15) is 35.1 Å². The second kappa shape index (κ2) is 8.63. The maximum absolute atomic E-state index is 13.5. The van der Waals surface area contributed by atoms with E-state index in [1.807, 2.05) is 30.3 Å². The fraction of sp³-hybridized carbons (Fsp3) is 0.321. The highest BCUT2D eigenvalue weighted by molar-refractivity contribution is 6.24. The van der Waals surface area contributed by atoms with Crippen molar-refractivity contribution in [3.05, 3.63) is 70.3 Å². The van der Waals surface area contributed by atoms with Crippen LogP contribution in [0.5, 0.6) is 5.75 Å². The van der Waals surface area contributed by atoms with Crippen molar-refractivity contribution in [3.8, 4) is 17.6 Å². The van der Waals surface area contributed by atoms with E-state index in [1.165, 1.54) is 6.07 Å². The Morgan fingerprint density at radius 1 is 1.08 bits per heavy atom. The number of aliphatic hydroxyl groups is 3. The summed E-state index contributed by atoms with van der Waals surface area (Å²) in [5.41, 5.74) is 4.74. The molecule has 2 fully saturated rings. The fourth-order valence-corrected chi connectivity index (χ4v) is 5.88. The molecule has 184 valence electrons. The van der Waals surface area contributed by atoms with Crippen LogP contribution in [0, 0.1) is 29.6 Å². The molecule has 0 heterocycles. The Morgan fingerprint density at radius 3 is 2.50 bits per heavy atom. The van der Waals surface area contributed by atoms with Crippen LogP contribution in [0.25, 0.3) is 5.76 Å². The van der Waals surface area contributed by atoms with Gasteiger partial charge in [-0.3, -0.25) is 14.4 Å². The Labute approximate surface area is 207 Å². The molecule has 2 aromatic carbocycles. The highest BCUT2D eigenvalue weighted by Gasteiger charge is 2.63. The largest absolute Gasteiger partial charge is 0.507 e. The number of carbonyl (C=O) groups is 3. The molecule has 0 aromatic heterocycles. The minimum Gasteiger partial charge on any atom is -0.507 e. The van der Waals surface area contributed by atoms with Crippen molar-refractivity contribution >= 4 is 23.2 Å². The minimum atomic E-state index is -2.58. The molecule has 3 aliphatic rings. The second-order valence-electron chi connectivity index (χ2n) is 9.69. The first kappa shape index (κ1) is 23.8. The first-order valence-corrected chi connectivity index (χ1v) is 11.7. The lowest BCUT2D eigenvalue weighted by molar-refractivity contribution is -0.174. The molecule has 0 saturated heterocycles. The molecule has 36 heavy (non-hydrogen) atoms. The number of hydrogen-bond acceptors (Lipinski definition) is 7. The molecule has 8 heteroatoms. The number of fused-ring (bicyclic) bond motifs is 3. The van der Waals surface area contributed by atoms with E-state index < -0.39 is 52.7 Å². The van der Waals surface area contributed by atoms with E-state index in [1.54, 1.807) is 6.07 Å². The Morgan fingerprint density at radius 2 is 1.81 bits per heavy atom. The van der Waals surface area contributed by atoms with E-state index in [0.29, 0.717) is 17.5 Å². The Balaban J connectivity index is 1.56. The number of rotatable bonds is 2. The number of amides is 1. The van der Waals surface area contributed by atoms with Gasteiger partial charge in [0.1, 0.15) is 17.4 Å². The van der Waals surface area contributed by atoms with Crippen LogP contribution in [0.3, 0.4) is 0 Å². The summed E-state index contributed by atoms with van der Waals surface area (Å²) < 4.78 is 0. The average molecular weight is 488 g/mol. The van der Waals surface area contributed by atoms with Crippen molar-refractivity contribution in [1.82, 2.24) is 0 Å². The monoisotopic (exact) mass is 487 g/mol. The van der Waals surface area contributed by atoms with Gasteiger partial charge < -0.3 is 26.2 Å². The molecule has 6 N–H and O–H groups in total. The zero-order valence-corrected chi connectivity index (χ0v) is 19.3. The van der Waals surface area contributed by atoms with Crippen LogP contribution in [-0.4, -0.2) is 49.6 Å². The van der Waals surface area contributed by atoms with Gasteiger partial charge in [0.25, 0.3) is 0 Å². The number of aliphatic hydroxyl groups excluding tert-OH is 2. The number of aromatic hydroxyl groups is 1. The average Bonchev–Trinajstić information content (AvgIpc) is 2.83. The third-order valence-corrected chi connectivity index (χ3v) is 7.63. The smallest absolute Gasteiger partial charge is 0.230 e. The van der Waals surface area contributed by atoms with Gasteiger partial charge in [-0.05, 0) is 48.4 Å². The van der Waals surface area contributed by atoms with Crippen LogP contribution in [-0.2, 0) is 27.2 Å². The summed E-state index contributed by atoms with van der Waals surface area (Å²) in [4.78, 5) is 38.3. The number of primary amides is 1. The molecule has 0 spiro atoms. The van der Waals surface area contributed by atoms with Gasteiger partial charge in [-0.25, -0.2) is 0 Å². The predicted molar refractivity (Wildman–Crippen MR) is 128 cm³/mol. The maximum Gasteiger partial charge on any atom is 0.230 e. The SMILES string of the molecule is NC(=O)C1C(=O)[C@@]2(O)C(=O)C3=C(O)c4c(O)ccc(C#CCc5ccccc5)c4C[C@H]3C[C@H]2CC1O. The highest BCUT2D eigenvalue weighted by atomic mass is 16.3. The summed E-state index contributed by atoms with van der Waals surface area (Å²) in [6.07, 6.45) is -0.724. The van der Waals surface area contributed by atoms with Crippen LogP contribution < -0.4 is 5.73 Å². The number of phenols is 1. The van der Waals surface area contributed by atoms with Gasteiger partial charge in [-0.1, -0.05) is 42.2 Å². The van der Waals surface area contributed by atoms with Crippen molar-refractivity contribution in [2.24, 2.45) is 23.5 Å². The number of phenolic OH excluding ortho intramolecular Hbond substituents is 1. The van der Waals surface area contributed by atoms with Gasteiger partial charge in [0.05, 0.1) is 11.7 Å². The van der Waals surface area contributed by atoms with Crippen molar-refractivity contribution < 1.29 is 34.8 Å². The van der Waals surface area contributed by atoms with Gasteiger partial charge in [0, 0.05) is 23.5 Å². The van der Waals surface area contributed by atoms with Crippen molar-refractivity contribution in [1.29, 1.82) is 0 Å². The summed E-state index contributed by atoms with van der Waals surface area (Å²) in [6, 6.07) is 12.7. The number of benzene rings is 2. The van der Waals surface area contributed by atoms with Crippen molar-refractivity contribution in [2.45, 2.75) is 37.4 Å². The molecule has 8 nitrogen and oxygen atoms in total. The Bertz CT molecular complexity index is 1380. The van der Waals surface area contributed by atoms with E-state index in [4.69, 9.17) is 5.73 Å². The van der Waals surface area contributed by atoms with Crippen LogP contribution >= 0.6 is 0 Å². The van der Waals surface area contributed by atoms with Gasteiger partial charge in [-0.15, -0.1) is 0 Å². The molecule has 0 bridgehead atoms. The van der Waals surface area contributed by atoms with Crippen LogP contribution in [0.2, 0.25) is 0 Å². The maximum atomic E-state index is 13.5. The van der Waals surface area contributed by atoms with Crippen molar-refractivity contribution in [2.75, 3.05) is 0 Å². The molecule has 5 rings (SSSR count). The molecule has 2 unspecified atom stereocenters. The first-order chi connectivity index (χ1) is 17.1. The summed E-state index contributed by atoms with van der Waals surface area (Å²) in [5.74, 6) is -1.11. The number of ketones is 2. The topological polar surface area (TPSA) is 158 Å². The highest BCUT2D eigenvalue weighted by Crippen LogP contribution is 2.51. The molecule has 5 atom stereocenters. The molecule has 0 radical (unpaired) electrons. The van der Waals surface area contributed by atoms with Gasteiger partial charge in [0.2, 0.25) is 11.7 Å². The van der Waals surface area contributed by atoms with Gasteiger partial charge in [-0.2, -0.15) is 0 Å². The molecule has 1 amide bonds. The number of Topliss-reactive ketones (excluding diaryl/α,β-unsaturated/α-hetero) is 2. The Hall–Kier alpha value is -3.93. The normalized spacial score (nSPS) is 28.9. The number of hydrogen-bond donors (Lipinski definition) is 5. The predicted octanol–water partition coefficient (Wildman–Crippen LogP) is 1.18. The quantitative estimate of drug-likeness (QED) is 0.314. The summed E-state index contributed by atoms with van der Waals surface area (Å²) in [6.45, 7) is 0. The number of carbonyl (C=O) groups excluding carboxylic acids is 3. The summed E-state index contributed by atoms with van der Waals surface area (Å²) in [5, 5.41) is 43.3. The van der Waals surface area contributed by atoms with E-state index in [-0.39, 0.29) is 36.1 Å². The van der Waals surface area contributed by atoms with Gasteiger partial charge in [0.15, 0.2) is 11.4 Å². The Kier molecular flexibility index (Phi) is 5.70. The first-order valence-electron chi connectivity index (χ1n) is 11.7. The lowest BCUT2D eigenvalue weighted by atomic mass is 9.56. The molecular formula is C28H25NO7. The molecule has 2 aromatic rings. The van der Waals surface area contributed by atoms with Crippen LogP contribution in [0.4, 0.5) is 0 Å². The zero-order valence-electron chi connectivity index (χ0n) is 19.3.